The number of hydrogen-bond acceptors (Lipinski definition) is 4. The van der Waals surface area contributed by atoms with Crippen molar-refractivity contribution in [2.45, 2.75) is 26.5 Å². The zero-order valence-corrected chi connectivity index (χ0v) is 17.6. The van der Waals surface area contributed by atoms with Crippen molar-refractivity contribution in [3.63, 3.8) is 0 Å². The van der Waals surface area contributed by atoms with Crippen LogP contribution in [0.25, 0.3) is 5.69 Å². The van der Waals surface area contributed by atoms with Crippen molar-refractivity contribution in [3.05, 3.63) is 66.7 Å². The number of hydrogen-bond donors (Lipinski definition) is 2. The maximum Gasteiger partial charge on any atom is 0.193 e. The summed E-state index contributed by atoms with van der Waals surface area (Å²) in [5, 5.41) is 7.17. The number of nitrogens with zero attached hydrogens (tertiary/aromatic N) is 4. The number of aliphatic imine (C=N–C) groups is 1. The van der Waals surface area contributed by atoms with Gasteiger partial charge in [-0.2, -0.15) is 5.10 Å². The SMILES string of the molecule is CC(C)Oc1ccc(NC(N)=NCc2ccc(-n3cncn3)cc2)cc1.I. The molecule has 3 aromatic rings. The molecule has 0 aliphatic rings. The number of benzene rings is 2. The van der Waals surface area contributed by atoms with Gasteiger partial charge in [-0.3, -0.25) is 0 Å². The molecule has 142 valence electrons. The number of aromatic nitrogens is 3. The van der Waals surface area contributed by atoms with Gasteiger partial charge in [0.05, 0.1) is 18.3 Å². The summed E-state index contributed by atoms with van der Waals surface area (Å²) in [4.78, 5) is 8.31. The molecular formula is C19H23IN6O. The number of anilines is 1. The normalized spacial score (nSPS) is 11.1. The van der Waals surface area contributed by atoms with Gasteiger partial charge >= 0.3 is 0 Å². The molecule has 0 aliphatic carbocycles. The molecule has 1 heterocycles. The summed E-state index contributed by atoms with van der Waals surface area (Å²) in [5.41, 5.74) is 8.83. The number of halogens is 1. The lowest BCUT2D eigenvalue weighted by Crippen LogP contribution is -2.22. The monoisotopic (exact) mass is 478 g/mol. The molecule has 0 spiro atoms. The third-order valence-corrected chi connectivity index (χ3v) is 3.55. The lowest BCUT2D eigenvalue weighted by atomic mass is 10.2. The number of nitrogens with two attached hydrogens (primary N) is 1. The second kappa shape index (κ2) is 9.91. The molecule has 2 aromatic carbocycles. The number of guanidine groups is 1. The molecule has 0 aliphatic heterocycles. The van der Waals surface area contributed by atoms with Crippen LogP contribution in [0.3, 0.4) is 0 Å². The zero-order chi connectivity index (χ0) is 18.4. The van der Waals surface area contributed by atoms with Gasteiger partial charge in [-0.15, -0.1) is 24.0 Å². The predicted octanol–water partition coefficient (Wildman–Crippen LogP) is 3.60. The van der Waals surface area contributed by atoms with Crippen molar-refractivity contribution < 1.29 is 4.74 Å². The Morgan fingerprint density at radius 2 is 1.85 bits per heavy atom. The van der Waals surface area contributed by atoms with Crippen molar-refractivity contribution in [3.8, 4) is 11.4 Å². The van der Waals surface area contributed by atoms with Crippen LogP contribution in [-0.2, 0) is 6.54 Å². The fraction of sp³-hybridized carbons (Fsp3) is 0.211. The van der Waals surface area contributed by atoms with E-state index in [9.17, 15) is 0 Å². The molecule has 0 saturated heterocycles. The number of nitrogens with one attached hydrogen (secondary N) is 1. The molecule has 3 rings (SSSR count). The number of rotatable bonds is 6. The highest BCUT2D eigenvalue weighted by Crippen LogP contribution is 2.16. The maximum atomic E-state index is 5.96. The highest BCUT2D eigenvalue weighted by molar-refractivity contribution is 14.0. The van der Waals surface area contributed by atoms with Crippen LogP contribution in [0.4, 0.5) is 5.69 Å². The van der Waals surface area contributed by atoms with Crippen molar-refractivity contribution in [2.75, 3.05) is 5.32 Å². The summed E-state index contributed by atoms with van der Waals surface area (Å²) in [6.07, 6.45) is 3.31. The molecule has 7 nitrogen and oxygen atoms in total. The first-order chi connectivity index (χ1) is 12.6. The Hall–Kier alpha value is -2.62. The van der Waals surface area contributed by atoms with Gasteiger partial charge in [0.15, 0.2) is 5.96 Å². The molecule has 0 atom stereocenters. The van der Waals surface area contributed by atoms with E-state index in [1.807, 2.05) is 62.4 Å². The lowest BCUT2D eigenvalue weighted by Gasteiger charge is -2.11. The molecule has 0 amide bonds. The Bertz CT molecular complexity index is 845. The van der Waals surface area contributed by atoms with Crippen LogP contribution in [-0.4, -0.2) is 26.8 Å². The lowest BCUT2D eigenvalue weighted by molar-refractivity contribution is 0.242. The first-order valence-corrected chi connectivity index (χ1v) is 8.38. The van der Waals surface area contributed by atoms with E-state index in [0.717, 1.165) is 22.7 Å². The highest BCUT2D eigenvalue weighted by Gasteiger charge is 2.00. The fourth-order valence-corrected chi connectivity index (χ4v) is 2.35. The molecule has 8 heteroatoms. The van der Waals surface area contributed by atoms with Crippen molar-refractivity contribution in [1.82, 2.24) is 14.8 Å². The summed E-state index contributed by atoms with van der Waals surface area (Å²) in [6, 6.07) is 15.5. The molecule has 0 saturated carbocycles. The van der Waals surface area contributed by atoms with Gasteiger partial charge in [-0.1, -0.05) is 12.1 Å². The van der Waals surface area contributed by atoms with Crippen molar-refractivity contribution in [2.24, 2.45) is 10.7 Å². The van der Waals surface area contributed by atoms with E-state index >= 15 is 0 Å². The maximum absolute atomic E-state index is 5.96. The third-order valence-electron chi connectivity index (χ3n) is 3.55. The number of ether oxygens (including phenoxy) is 1. The van der Waals surface area contributed by atoms with Crippen LogP contribution >= 0.6 is 24.0 Å². The Morgan fingerprint density at radius 3 is 2.44 bits per heavy atom. The second-order valence-corrected chi connectivity index (χ2v) is 6.02. The standard InChI is InChI=1S/C19H22N6O.HI/c1-14(2)26-18-9-5-16(6-10-18)24-19(20)22-11-15-3-7-17(8-4-15)25-13-21-12-23-25;/h3-10,12-14H,11H2,1-2H3,(H3,20,22,24);1H. The molecular weight excluding hydrogens is 455 g/mol. The van der Waals surface area contributed by atoms with Gasteiger partial charge in [-0.05, 0) is 55.8 Å². The van der Waals surface area contributed by atoms with Gasteiger partial charge in [0.25, 0.3) is 0 Å². The largest absolute Gasteiger partial charge is 0.491 e. The average molecular weight is 478 g/mol. The average Bonchev–Trinajstić information content (AvgIpc) is 3.16. The molecule has 0 unspecified atom stereocenters. The van der Waals surface area contributed by atoms with Gasteiger partial charge in [0.1, 0.15) is 18.4 Å². The summed E-state index contributed by atoms with van der Waals surface area (Å²) >= 11 is 0. The van der Waals surface area contributed by atoms with Crippen molar-refractivity contribution >= 4 is 35.6 Å². The van der Waals surface area contributed by atoms with Crippen molar-refractivity contribution in [1.29, 1.82) is 0 Å². The smallest absolute Gasteiger partial charge is 0.193 e. The highest BCUT2D eigenvalue weighted by atomic mass is 127. The predicted molar refractivity (Wildman–Crippen MR) is 118 cm³/mol. The minimum absolute atomic E-state index is 0. The van der Waals surface area contributed by atoms with Gasteiger partial charge in [0, 0.05) is 5.69 Å². The minimum atomic E-state index is 0. The van der Waals surface area contributed by atoms with Gasteiger partial charge in [0.2, 0.25) is 0 Å². The van der Waals surface area contributed by atoms with E-state index in [-0.39, 0.29) is 30.1 Å². The summed E-state index contributed by atoms with van der Waals surface area (Å²) < 4.78 is 7.32. The van der Waals surface area contributed by atoms with E-state index in [2.05, 4.69) is 20.4 Å². The van der Waals surface area contributed by atoms with E-state index < -0.39 is 0 Å². The molecule has 3 N–H and O–H groups in total. The van der Waals surface area contributed by atoms with Crippen LogP contribution < -0.4 is 15.8 Å². The quantitative estimate of drug-likeness (QED) is 0.321. The van der Waals surface area contributed by atoms with E-state index in [4.69, 9.17) is 10.5 Å². The van der Waals surface area contributed by atoms with Crippen LogP contribution in [0, 0.1) is 0 Å². The Labute approximate surface area is 175 Å². The first-order valence-electron chi connectivity index (χ1n) is 8.38. The molecule has 27 heavy (non-hydrogen) atoms. The zero-order valence-electron chi connectivity index (χ0n) is 15.2. The summed E-state index contributed by atoms with van der Waals surface area (Å²) in [5.74, 6) is 1.19. The topological polar surface area (TPSA) is 90.3 Å². The van der Waals surface area contributed by atoms with Crippen LogP contribution in [0.1, 0.15) is 19.4 Å². The Kier molecular flexibility index (Phi) is 7.59. The molecule has 0 fully saturated rings. The van der Waals surface area contributed by atoms with Gasteiger partial charge < -0.3 is 15.8 Å². The first kappa shape index (κ1) is 20.7. The van der Waals surface area contributed by atoms with E-state index in [0.29, 0.717) is 12.5 Å². The summed E-state index contributed by atoms with van der Waals surface area (Å²) in [6.45, 7) is 4.48. The second-order valence-electron chi connectivity index (χ2n) is 6.02. The van der Waals surface area contributed by atoms with Crippen LogP contribution in [0.5, 0.6) is 5.75 Å². The van der Waals surface area contributed by atoms with E-state index in [1.54, 1.807) is 11.0 Å². The molecule has 0 bridgehead atoms. The Morgan fingerprint density at radius 1 is 1.15 bits per heavy atom. The minimum Gasteiger partial charge on any atom is -0.491 e. The molecule has 1 aromatic heterocycles. The van der Waals surface area contributed by atoms with E-state index in [1.165, 1.54) is 6.33 Å². The fourth-order valence-electron chi connectivity index (χ4n) is 2.35. The van der Waals surface area contributed by atoms with Crippen LogP contribution in [0.15, 0.2) is 66.2 Å². The molecule has 0 radical (unpaired) electrons. The van der Waals surface area contributed by atoms with Crippen LogP contribution in [0.2, 0.25) is 0 Å². The third kappa shape index (κ3) is 6.24. The van der Waals surface area contributed by atoms with Gasteiger partial charge in [-0.25, -0.2) is 14.7 Å². The Balaban J connectivity index is 0.00000261. The summed E-state index contributed by atoms with van der Waals surface area (Å²) in [7, 11) is 0.